The van der Waals surface area contributed by atoms with E-state index in [-0.39, 0.29) is 12.4 Å². The Kier molecular flexibility index (Phi) is 11.9. The summed E-state index contributed by atoms with van der Waals surface area (Å²) in [5.74, 6) is 0. The summed E-state index contributed by atoms with van der Waals surface area (Å²) in [5, 5.41) is 0. The molecule has 0 radical (unpaired) electrons. The van der Waals surface area contributed by atoms with Gasteiger partial charge in [0.25, 0.3) is 0 Å². The van der Waals surface area contributed by atoms with Gasteiger partial charge in [0.15, 0.2) is 0 Å². The number of nitrogens with zero attached hydrogens (tertiary/aromatic N) is 1. The third kappa shape index (κ3) is 7.91. The minimum atomic E-state index is 0. The predicted molar refractivity (Wildman–Crippen MR) is 92.7 cm³/mol. The van der Waals surface area contributed by atoms with Crippen LogP contribution in [-0.2, 0) is 0 Å². The van der Waals surface area contributed by atoms with Crippen LogP contribution in [0.3, 0.4) is 0 Å². The maximum absolute atomic E-state index is 2.35. The van der Waals surface area contributed by atoms with Crippen LogP contribution in [0.4, 0.5) is 0 Å². The molecule has 0 spiro atoms. The molecule has 1 aromatic rings. The number of unbranched alkanes of at least 4 members (excludes halogenated alkanes) is 6. The van der Waals surface area contributed by atoms with Crippen LogP contribution in [0.15, 0.2) is 30.3 Å². The van der Waals surface area contributed by atoms with Gasteiger partial charge in [-0.15, -0.1) is 12.4 Å². The predicted octanol–water partition coefficient (Wildman–Crippen LogP) is 5.85. The van der Waals surface area contributed by atoms with E-state index >= 15 is 0 Å². The molecule has 1 rings (SSSR count). The lowest BCUT2D eigenvalue weighted by Crippen LogP contribution is -2.19. The number of hydrogen-bond donors (Lipinski definition) is 0. The molecule has 1 unspecified atom stereocenters. The Morgan fingerprint density at radius 3 is 1.95 bits per heavy atom. The number of rotatable bonds is 10. The van der Waals surface area contributed by atoms with Crippen LogP contribution in [0, 0.1) is 0 Å². The summed E-state index contributed by atoms with van der Waals surface area (Å²) in [5.41, 5.74) is 1.46. The molecule has 0 heterocycles. The van der Waals surface area contributed by atoms with Crippen molar-refractivity contribution in [1.82, 2.24) is 4.90 Å². The molecule has 0 amide bonds. The molecule has 0 aromatic heterocycles. The van der Waals surface area contributed by atoms with Gasteiger partial charge in [-0.3, -0.25) is 0 Å². The number of benzene rings is 1. The maximum atomic E-state index is 2.35. The fourth-order valence-corrected chi connectivity index (χ4v) is 2.69. The fourth-order valence-electron chi connectivity index (χ4n) is 2.69. The molecule has 1 nitrogen and oxygen atoms in total. The second-order valence-corrected chi connectivity index (χ2v) is 5.80. The first kappa shape index (κ1) is 19.5. The quantitative estimate of drug-likeness (QED) is 0.489. The summed E-state index contributed by atoms with van der Waals surface area (Å²) in [6.45, 7) is 2.28. The first-order valence-corrected chi connectivity index (χ1v) is 7.97. The Morgan fingerprint density at radius 2 is 1.40 bits per heavy atom. The second kappa shape index (κ2) is 12.2. The number of hydrogen-bond acceptors (Lipinski definition) is 1. The zero-order chi connectivity index (χ0) is 13.9. The molecule has 0 bridgehead atoms. The van der Waals surface area contributed by atoms with E-state index in [9.17, 15) is 0 Å². The molecule has 0 aliphatic heterocycles. The van der Waals surface area contributed by atoms with Gasteiger partial charge in [0.1, 0.15) is 0 Å². The molecule has 0 N–H and O–H groups in total. The van der Waals surface area contributed by atoms with Gasteiger partial charge in [0.05, 0.1) is 0 Å². The van der Waals surface area contributed by atoms with Crippen molar-refractivity contribution < 1.29 is 0 Å². The molecule has 0 saturated carbocycles. The second-order valence-electron chi connectivity index (χ2n) is 5.80. The molecular weight excluding hydrogens is 266 g/mol. The van der Waals surface area contributed by atoms with E-state index in [1.54, 1.807) is 0 Å². The van der Waals surface area contributed by atoms with Gasteiger partial charge in [-0.25, -0.2) is 0 Å². The summed E-state index contributed by atoms with van der Waals surface area (Å²) in [6, 6.07) is 11.5. The van der Waals surface area contributed by atoms with Crippen LogP contribution in [-0.4, -0.2) is 19.0 Å². The lowest BCUT2D eigenvalue weighted by molar-refractivity contribution is 0.276. The summed E-state index contributed by atoms with van der Waals surface area (Å²) < 4.78 is 0. The third-order valence-corrected chi connectivity index (χ3v) is 3.89. The minimum Gasteiger partial charge on any atom is -0.302 e. The summed E-state index contributed by atoms with van der Waals surface area (Å²) in [4.78, 5) is 2.35. The summed E-state index contributed by atoms with van der Waals surface area (Å²) in [6.07, 6.45) is 11.0. The van der Waals surface area contributed by atoms with Gasteiger partial charge >= 0.3 is 0 Å². The Bertz CT molecular complexity index is 310. The van der Waals surface area contributed by atoms with Gasteiger partial charge in [0, 0.05) is 6.04 Å². The van der Waals surface area contributed by atoms with E-state index in [4.69, 9.17) is 0 Å². The zero-order valence-electron chi connectivity index (χ0n) is 13.5. The molecule has 1 aromatic carbocycles. The molecule has 0 saturated heterocycles. The van der Waals surface area contributed by atoms with Crippen LogP contribution >= 0.6 is 12.4 Å². The molecule has 20 heavy (non-hydrogen) atoms. The monoisotopic (exact) mass is 297 g/mol. The standard InChI is InChI=1S/C18H31N.ClH/c1-4-5-6-7-8-9-13-16-18(19(2)3)17-14-11-10-12-15-17;/h10-12,14-15,18H,4-9,13,16H2,1-3H3;1H. The van der Waals surface area contributed by atoms with Crippen molar-refractivity contribution in [3.05, 3.63) is 35.9 Å². The van der Waals surface area contributed by atoms with E-state index in [0.717, 1.165) is 0 Å². The van der Waals surface area contributed by atoms with Crippen LogP contribution in [0.25, 0.3) is 0 Å². The molecule has 1 atom stereocenters. The van der Waals surface area contributed by atoms with Gasteiger partial charge < -0.3 is 4.90 Å². The van der Waals surface area contributed by atoms with E-state index in [1.165, 1.54) is 56.9 Å². The van der Waals surface area contributed by atoms with Gasteiger partial charge in [0.2, 0.25) is 0 Å². The Labute approximate surface area is 132 Å². The van der Waals surface area contributed by atoms with Crippen LogP contribution in [0.5, 0.6) is 0 Å². The van der Waals surface area contributed by atoms with Crippen LogP contribution < -0.4 is 0 Å². The van der Waals surface area contributed by atoms with Crippen molar-refractivity contribution in [2.75, 3.05) is 14.1 Å². The molecule has 2 heteroatoms. The van der Waals surface area contributed by atoms with Crippen molar-refractivity contribution in [2.45, 2.75) is 64.3 Å². The van der Waals surface area contributed by atoms with E-state index in [1.807, 2.05) is 0 Å². The molecule has 0 fully saturated rings. The van der Waals surface area contributed by atoms with Crippen molar-refractivity contribution in [3.63, 3.8) is 0 Å². The average Bonchev–Trinajstić information content (AvgIpc) is 2.42. The smallest absolute Gasteiger partial charge is 0.0342 e. The summed E-state index contributed by atoms with van der Waals surface area (Å²) in [7, 11) is 4.39. The maximum Gasteiger partial charge on any atom is 0.0342 e. The van der Waals surface area contributed by atoms with Crippen molar-refractivity contribution in [1.29, 1.82) is 0 Å². The highest BCUT2D eigenvalue weighted by atomic mass is 35.5. The number of halogens is 1. The minimum absolute atomic E-state index is 0. The summed E-state index contributed by atoms with van der Waals surface area (Å²) >= 11 is 0. The normalized spacial score (nSPS) is 12.2. The van der Waals surface area contributed by atoms with Gasteiger partial charge in [-0.2, -0.15) is 0 Å². The molecule has 0 aliphatic rings. The highest BCUT2D eigenvalue weighted by molar-refractivity contribution is 5.85. The highest BCUT2D eigenvalue weighted by Crippen LogP contribution is 2.24. The first-order chi connectivity index (χ1) is 9.25. The van der Waals surface area contributed by atoms with Crippen molar-refractivity contribution in [2.24, 2.45) is 0 Å². The van der Waals surface area contributed by atoms with Crippen LogP contribution in [0.2, 0.25) is 0 Å². The van der Waals surface area contributed by atoms with E-state index < -0.39 is 0 Å². The third-order valence-electron chi connectivity index (χ3n) is 3.89. The largest absolute Gasteiger partial charge is 0.302 e. The lowest BCUT2D eigenvalue weighted by Gasteiger charge is -2.24. The Hall–Kier alpha value is -0.530. The highest BCUT2D eigenvalue weighted by Gasteiger charge is 2.12. The lowest BCUT2D eigenvalue weighted by atomic mass is 9.99. The Balaban J connectivity index is 0.00000361. The molecule has 0 aliphatic carbocycles. The van der Waals surface area contributed by atoms with E-state index in [2.05, 4.69) is 56.3 Å². The molecule has 116 valence electrons. The average molecular weight is 298 g/mol. The van der Waals surface area contributed by atoms with E-state index in [0.29, 0.717) is 6.04 Å². The SMILES string of the molecule is CCCCCCCCCC(c1ccccc1)N(C)C.Cl. The molecular formula is C18H32ClN. The van der Waals surface area contributed by atoms with Crippen molar-refractivity contribution >= 4 is 12.4 Å². The zero-order valence-corrected chi connectivity index (χ0v) is 14.3. The topological polar surface area (TPSA) is 3.24 Å². The fraction of sp³-hybridized carbons (Fsp3) is 0.667. The van der Waals surface area contributed by atoms with Gasteiger partial charge in [-0.1, -0.05) is 82.2 Å². The van der Waals surface area contributed by atoms with Crippen molar-refractivity contribution in [3.8, 4) is 0 Å². The first-order valence-electron chi connectivity index (χ1n) is 7.97. The van der Waals surface area contributed by atoms with Gasteiger partial charge in [-0.05, 0) is 26.1 Å². The van der Waals surface area contributed by atoms with Crippen LogP contribution in [0.1, 0.15) is 69.9 Å². The Morgan fingerprint density at radius 1 is 0.850 bits per heavy atom.